The van der Waals surface area contributed by atoms with Crippen molar-refractivity contribution in [3.05, 3.63) is 33.8 Å². The fourth-order valence-corrected chi connectivity index (χ4v) is 2.50. The summed E-state index contributed by atoms with van der Waals surface area (Å²) in [7, 11) is 0. The SMILES string of the molecule is C[C@H](N)[C@@H]1C[C@H]1c1ccc(Cl)cc1Cl. The normalized spacial score (nSPS) is 27.4. The summed E-state index contributed by atoms with van der Waals surface area (Å²) in [5.74, 6) is 1.13. The van der Waals surface area contributed by atoms with Gasteiger partial charge < -0.3 is 5.73 Å². The highest BCUT2D eigenvalue weighted by molar-refractivity contribution is 6.35. The third kappa shape index (κ3) is 1.90. The number of rotatable bonds is 2. The molecule has 1 fully saturated rings. The number of benzene rings is 1. The molecule has 0 radical (unpaired) electrons. The van der Waals surface area contributed by atoms with Gasteiger partial charge in [-0.25, -0.2) is 0 Å². The lowest BCUT2D eigenvalue weighted by molar-refractivity contribution is 0.632. The van der Waals surface area contributed by atoms with E-state index in [1.54, 1.807) is 6.07 Å². The fraction of sp³-hybridized carbons (Fsp3) is 0.455. The maximum Gasteiger partial charge on any atom is 0.0455 e. The summed E-state index contributed by atoms with van der Waals surface area (Å²) in [6, 6.07) is 5.96. The molecule has 0 bridgehead atoms. The second kappa shape index (κ2) is 3.73. The van der Waals surface area contributed by atoms with Crippen LogP contribution in [-0.4, -0.2) is 6.04 Å². The van der Waals surface area contributed by atoms with Crippen molar-refractivity contribution in [3.63, 3.8) is 0 Å². The molecule has 1 aliphatic carbocycles. The van der Waals surface area contributed by atoms with Gasteiger partial charge in [0, 0.05) is 16.1 Å². The van der Waals surface area contributed by atoms with Crippen LogP contribution >= 0.6 is 23.2 Å². The Bertz CT molecular complexity index is 349. The first-order chi connectivity index (χ1) is 6.59. The van der Waals surface area contributed by atoms with Gasteiger partial charge in [0.25, 0.3) is 0 Å². The summed E-state index contributed by atoms with van der Waals surface area (Å²) in [6.45, 7) is 2.05. The monoisotopic (exact) mass is 229 g/mol. The van der Waals surface area contributed by atoms with E-state index in [-0.39, 0.29) is 6.04 Å². The van der Waals surface area contributed by atoms with Gasteiger partial charge in [0.1, 0.15) is 0 Å². The zero-order valence-corrected chi connectivity index (χ0v) is 9.52. The molecule has 3 atom stereocenters. The topological polar surface area (TPSA) is 26.0 Å². The maximum absolute atomic E-state index is 6.11. The van der Waals surface area contributed by atoms with Gasteiger partial charge in [-0.2, -0.15) is 0 Å². The molecule has 0 saturated heterocycles. The van der Waals surface area contributed by atoms with Crippen LogP contribution in [-0.2, 0) is 0 Å². The Balaban J connectivity index is 2.19. The predicted octanol–water partition coefficient (Wildman–Crippen LogP) is 3.44. The Hall–Kier alpha value is -0.240. The van der Waals surface area contributed by atoms with E-state index in [0.717, 1.165) is 11.4 Å². The van der Waals surface area contributed by atoms with Gasteiger partial charge in [0.2, 0.25) is 0 Å². The zero-order chi connectivity index (χ0) is 10.3. The third-order valence-corrected chi connectivity index (χ3v) is 3.44. The van der Waals surface area contributed by atoms with Crippen molar-refractivity contribution in [3.8, 4) is 0 Å². The summed E-state index contributed by atoms with van der Waals surface area (Å²) in [4.78, 5) is 0. The first-order valence-electron chi connectivity index (χ1n) is 4.80. The Morgan fingerprint density at radius 3 is 2.64 bits per heavy atom. The van der Waals surface area contributed by atoms with Gasteiger partial charge in [-0.3, -0.25) is 0 Å². The van der Waals surface area contributed by atoms with Crippen molar-refractivity contribution in [1.82, 2.24) is 0 Å². The molecule has 3 heteroatoms. The lowest BCUT2D eigenvalue weighted by Crippen LogP contribution is -2.17. The average molecular weight is 230 g/mol. The standard InChI is InChI=1S/C11H13Cl2N/c1-6(14)9-5-10(9)8-3-2-7(12)4-11(8)13/h2-4,6,9-10H,5,14H2,1H3/t6-,9-,10-/m0/s1. The highest BCUT2D eigenvalue weighted by Gasteiger charge is 2.41. The second-order valence-corrected chi connectivity index (χ2v) is 4.87. The number of hydrogen-bond donors (Lipinski definition) is 1. The van der Waals surface area contributed by atoms with E-state index in [1.807, 2.05) is 12.1 Å². The maximum atomic E-state index is 6.11. The van der Waals surface area contributed by atoms with Crippen LogP contribution in [0.25, 0.3) is 0 Å². The lowest BCUT2D eigenvalue weighted by atomic mass is 10.1. The molecule has 1 aromatic rings. The Morgan fingerprint density at radius 2 is 2.14 bits per heavy atom. The number of halogens is 2. The predicted molar refractivity (Wildman–Crippen MR) is 61.0 cm³/mol. The quantitative estimate of drug-likeness (QED) is 0.827. The average Bonchev–Trinajstić information content (AvgIpc) is 2.83. The van der Waals surface area contributed by atoms with E-state index in [2.05, 4.69) is 6.92 Å². The Morgan fingerprint density at radius 1 is 1.43 bits per heavy atom. The molecule has 1 saturated carbocycles. The van der Waals surface area contributed by atoms with Crippen molar-refractivity contribution in [2.24, 2.45) is 11.7 Å². The van der Waals surface area contributed by atoms with E-state index in [4.69, 9.17) is 28.9 Å². The van der Waals surface area contributed by atoms with Gasteiger partial charge in [-0.1, -0.05) is 29.3 Å². The van der Waals surface area contributed by atoms with Crippen LogP contribution in [0.15, 0.2) is 18.2 Å². The van der Waals surface area contributed by atoms with Crippen LogP contribution < -0.4 is 5.73 Å². The molecule has 1 aromatic carbocycles. The summed E-state index contributed by atoms with van der Waals surface area (Å²) < 4.78 is 0. The summed E-state index contributed by atoms with van der Waals surface area (Å²) >= 11 is 11.9. The molecule has 1 aliphatic rings. The van der Waals surface area contributed by atoms with Crippen molar-refractivity contribution < 1.29 is 0 Å². The molecule has 0 unspecified atom stereocenters. The van der Waals surface area contributed by atoms with Crippen LogP contribution in [0.2, 0.25) is 10.0 Å². The van der Waals surface area contributed by atoms with E-state index < -0.39 is 0 Å². The molecule has 2 rings (SSSR count). The molecule has 2 N–H and O–H groups in total. The largest absolute Gasteiger partial charge is 0.328 e. The van der Waals surface area contributed by atoms with Crippen LogP contribution in [0.4, 0.5) is 0 Å². The third-order valence-electron chi connectivity index (χ3n) is 2.88. The fourth-order valence-electron chi connectivity index (χ4n) is 1.96. The van der Waals surface area contributed by atoms with E-state index in [1.165, 1.54) is 5.56 Å². The first-order valence-corrected chi connectivity index (χ1v) is 5.55. The first kappa shape index (κ1) is 10.3. The van der Waals surface area contributed by atoms with Gasteiger partial charge in [-0.15, -0.1) is 0 Å². The molecule has 0 aromatic heterocycles. The second-order valence-electron chi connectivity index (χ2n) is 4.03. The highest BCUT2D eigenvalue weighted by atomic mass is 35.5. The molecule has 0 amide bonds. The molecule has 1 nitrogen and oxygen atoms in total. The van der Waals surface area contributed by atoms with Crippen LogP contribution in [0.3, 0.4) is 0 Å². The van der Waals surface area contributed by atoms with E-state index in [0.29, 0.717) is 16.9 Å². The van der Waals surface area contributed by atoms with Gasteiger partial charge >= 0.3 is 0 Å². The van der Waals surface area contributed by atoms with Crippen molar-refractivity contribution in [2.75, 3.05) is 0 Å². The zero-order valence-electron chi connectivity index (χ0n) is 8.00. The van der Waals surface area contributed by atoms with E-state index in [9.17, 15) is 0 Å². The van der Waals surface area contributed by atoms with Crippen LogP contribution in [0.5, 0.6) is 0 Å². The smallest absolute Gasteiger partial charge is 0.0455 e. The summed E-state index contributed by atoms with van der Waals surface area (Å²) in [5, 5.41) is 1.46. The molecule has 0 heterocycles. The minimum atomic E-state index is 0.256. The molecule has 0 spiro atoms. The minimum absolute atomic E-state index is 0.256. The molecule has 0 aliphatic heterocycles. The minimum Gasteiger partial charge on any atom is -0.328 e. The Labute approximate surface area is 94.2 Å². The van der Waals surface area contributed by atoms with Crippen molar-refractivity contribution in [1.29, 1.82) is 0 Å². The summed E-state index contributed by atoms with van der Waals surface area (Å²) in [6.07, 6.45) is 1.15. The number of nitrogens with two attached hydrogens (primary N) is 1. The van der Waals surface area contributed by atoms with Crippen LogP contribution in [0, 0.1) is 5.92 Å². The molecular formula is C11H13Cl2N. The molecule has 76 valence electrons. The lowest BCUT2D eigenvalue weighted by Gasteiger charge is -2.06. The highest BCUT2D eigenvalue weighted by Crippen LogP contribution is 2.51. The summed E-state index contributed by atoms with van der Waals surface area (Å²) in [5.41, 5.74) is 7.03. The van der Waals surface area contributed by atoms with Crippen molar-refractivity contribution >= 4 is 23.2 Å². The van der Waals surface area contributed by atoms with Crippen LogP contribution in [0.1, 0.15) is 24.8 Å². The molecule has 14 heavy (non-hydrogen) atoms. The van der Waals surface area contributed by atoms with E-state index >= 15 is 0 Å². The van der Waals surface area contributed by atoms with Gasteiger partial charge in [-0.05, 0) is 42.9 Å². The van der Waals surface area contributed by atoms with Gasteiger partial charge in [0.15, 0.2) is 0 Å². The molecular weight excluding hydrogens is 217 g/mol. The number of hydrogen-bond acceptors (Lipinski definition) is 1. The van der Waals surface area contributed by atoms with Gasteiger partial charge in [0.05, 0.1) is 0 Å². The van der Waals surface area contributed by atoms with Crippen molar-refractivity contribution in [2.45, 2.75) is 25.3 Å². The Kier molecular flexibility index (Phi) is 2.74.